The molecule has 0 spiro atoms. The molecule has 0 N–H and O–H groups in total. The van der Waals surface area contributed by atoms with Crippen LogP contribution in [0.25, 0.3) is 22.3 Å². The molecule has 0 amide bonds. The molecule has 0 unspecified atom stereocenters. The van der Waals surface area contributed by atoms with Crippen molar-refractivity contribution in [3.05, 3.63) is 119 Å². The summed E-state index contributed by atoms with van der Waals surface area (Å²) in [5, 5.41) is 0. The molecule has 6 rings (SSSR count). The lowest BCUT2D eigenvalue weighted by Crippen LogP contribution is -2.21. The molecule has 206 valence electrons. The molecule has 0 nitrogen and oxygen atoms in total. The fourth-order valence-corrected chi connectivity index (χ4v) is 7.50. The summed E-state index contributed by atoms with van der Waals surface area (Å²) in [5.41, 5.74) is 12.9. The van der Waals surface area contributed by atoms with E-state index in [2.05, 4.69) is 112 Å². The second-order valence-corrected chi connectivity index (χ2v) is 13.1. The first-order chi connectivity index (χ1) is 19.5. The van der Waals surface area contributed by atoms with Crippen LogP contribution in [0.4, 0.5) is 0 Å². The van der Waals surface area contributed by atoms with Gasteiger partial charge in [0.15, 0.2) is 0 Å². The van der Waals surface area contributed by atoms with Gasteiger partial charge in [0.25, 0.3) is 0 Å². The summed E-state index contributed by atoms with van der Waals surface area (Å²) < 4.78 is 0. The Hall–Kier alpha value is -3.12. The van der Waals surface area contributed by atoms with Crippen molar-refractivity contribution < 1.29 is 0 Å². The van der Waals surface area contributed by atoms with E-state index < -0.39 is 0 Å². The summed E-state index contributed by atoms with van der Waals surface area (Å²) in [7, 11) is 0. The van der Waals surface area contributed by atoms with Crippen molar-refractivity contribution >= 4 is 0 Å². The Labute approximate surface area is 242 Å². The quantitative estimate of drug-likeness (QED) is 0.234. The summed E-state index contributed by atoms with van der Waals surface area (Å²) in [6.07, 6.45) is 13.5. The van der Waals surface area contributed by atoms with Crippen molar-refractivity contribution in [1.29, 1.82) is 0 Å². The molecule has 2 fully saturated rings. The van der Waals surface area contributed by atoms with Crippen LogP contribution in [0.5, 0.6) is 0 Å². The lowest BCUT2D eigenvalue weighted by molar-refractivity contribution is 0.441. The highest BCUT2D eigenvalue weighted by atomic mass is 14.3. The van der Waals surface area contributed by atoms with Crippen molar-refractivity contribution in [1.82, 2.24) is 0 Å². The Kier molecular flexibility index (Phi) is 7.97. The molecule has 4 aromatic rings. The molecule has 0 aliphatic heterocycles. The van der Waals surface area contributed by atoms with Gasteiger partial charge in [-0.15, -0.1) is 0 Å². The minimum Gasteiger partial charge on any atom is -0.0622 e. The largest absolute Gasteiger partial charge is 0.0622 e. The van der Waals surface area contributed by atoms with E-state index in [1.165, 1.54) is 103 Å². The van der Waals surface area contributed by atoms with Crippen LogP contribution < -0.4 is 0 Å². The normalized spacial score (nSPS) is 17.2. The third-order valence-electron chi connectivity index (χ3n) is 10.2. The van der Waals surface area contributed by atoms with Crippen LogP contribution in [-0.2, 0) is 5.41 Å². The Morgan fingerprint density at radius 3 is 1.70 bits per heavy atom. The molecule has 2 saturated carbocycles. The van der Waals surface area contributed by atoms with Gasteiger partial charge in [-0.3, -0.25) is 0 Å². The van der Waals surface area contributed by atoms with Crippen LogP contribution in [0, 0.1) is 6.92 Å². The summed E-state index contributed by atoms with van der Waals surface area (Å²) in [6, 6.07) is 34.8. The van der Waals surface area contributed by atoms with E-state index >= 15 is 0 Å². The second-order valence-electron chi connectivity index (χ2n) is 13.1. The van der Waals surface area contributed by atoms with E-state index in [4.69, 9.17) is 0 Å². The zero-order chi connectivity index (χ0) is 27.5. The van der Waals surface area contributed by atoms with Gasteiger partial charge in [0.1, 0.15) is 0 Å². The molecule has 0 radical (unpaired) electrons. The zero-order valence-electron chi connectivity index (χ0n) is 24.9. The minimum absolute atomic E-state index is 0.102. The molecule has 0 heteroatoms. The third-order valence-corrected chi connectivity index (χ3v) is 10.2. The van der Waals surface area contributed by atoms with Crippen LogP contribution in [0.3, 0.4) is 0 Å². The average molecular weight is 527 g/mol. The van der Waals surface area contributed by atoms with Crippen molar-refractivity contribution in [2.24, 2.45) is 0 Å². The molecule has 0 saturated heterocycles. The monoisotopic (exact) mass is 526 g/mol. The number of benzene rings is 4. The number of hydrogen-bond donors (Lipinski definition) is 0. The molecule has 4 aromatic carbocycles. The van der Waals surface area contributed by atoms with E-state index in [1.807, 2.05) is 0 Å². The predicted molar refractivity (Wildman–Crippen MR) is 172 cm³/mol. The van der Waals surface area contributed by atoms with Crippen LogP contribution in [0.1, 0.15) is 118 Å². The zero-order valence-corrected chi connectivity index (χ0v) is 24.9. The summed E-state index contributed by atoms with van der Waals surface area (Å²) >= 11 is 0. The van der Waals surface area contributed by atoms with Gasteiger partial charge in [-0.25, -0.2) is 0 Å². The maximum atomic E-state index is 2.60. The molecule has 0 aromatic heterocycles. The Morgan fingerprint density at radius 2 is 1.07 bits per heavy atom. The highest BCUT2D eigenvalue weighted by molar-refractivity contribution is 5.71. The van der Waals surface area contributed by atoms with E-state index in [0.29, 0.717) is 11.8 Å². The van der Waals surface area contributed by atoms with Gasteiger partial charge in [-0.1, -0.05) is 137 Å². The molecule has 2 aliphatic rings. The van der Waals surface area contributed by atoms with E-state index in [1.54, 1.807) is 11.1 Å². The van der Waals surface area contributed by atoms with Crippen LogP contribution >= 0.6 is 0 Å². The highest BCUT2D eigenvalue weighted by Crippen LogP contribution is 2.44. The summed E-state index contributed by atoms with van der Waals surface area (Å²) in [5.74, 6) is 1.36. The topological polar surface area (TPSA) is 0 Å². The average Bonchev–Trinajstić information content (AvgIpc) is 3.02. The first-order valence-corrected chi connectivity index (χ1v) is 15.9. The molecular formula is C40H46. The highest BCUT2D eigenvalue weighted by Gasteiger charge is 2.29. The lowest BCUT2D eigenvalue weighted by Gasteiger charge is -2.32. The Morgan fingerprint density at radius 1 is 0.525 bits per heavy atom. The third kappa shape index (κ3) is 5.56. The van der Waals surface area contributed by atoms with Crippen molar-refractivity contribution in [2.45, 2.75) is 102 Å². The van der Waals surface area contributed by atoms with Gasteiger partial charge >= 0.3 is 0 Å². The fourth-order valence-electron chi connectivity index (χ4n) is 7.50. The Balaban J connectivity index is 1.51. The number of hydrogen-bond acceptors (Lipinski definition) is 0. The molecule has 40 heavy (non-hydrogen) atoms. The van der Waals surface area contributed by atoms with Gasteiger partial charge in [0.2, 0.25) is 0 Å². The van der Waals surface area contributed by atoms with Crippen molar-refractivity contribution in [2.75, 3.05) is 0 Å². The maximum absolute atomic E-state index is 2.60. The smallest absolute Gasteiger partial charge is 0.0147 e. The van der Waals surface area contributed by atoms with Crippen LogP contribution in [0.2, 0.25) is 0 Å². The van der Waals surface area contributed by atoms with E-state index in [9.17, 15) is 0 Å². The minimum atomic E-state index is -0.102. The van der Waals surface area contributed by atoms with Gasteiger partial charge in [0, 0.05) is 5.41 Å². The standard InChI is InChI=1S/C40H46/c1-29-38(32-20-12-6-13-21-32)27-37(28-39(29)33-22-14-7-15-23-33)40(2,3)36-25-34(30-16-8-4-9-17-30)24-35(26-36)31-18-10-5-11-19-31/h4,6,8-9,12-13,16-17,20-21,24-28,31,33H,5,7,10-11,14-15,18-19,22-23H2,1-3H3. The molecule has 0 heterocycles. The summed E-state index contributed by atoms with van der Waals surface area (Å²) in [4.78, 5) is 0. The van der Waals surface area contributed by atoms with Gasteiger partial charge in [0.05, 0.1) is 0 Å². The first kappa shape index (κ1) is 27.1. The van der Waals surface area contributed by atoms with Gasteiger partial charge in [-0.05, 0) is 101 Å². The van der Waals surface area contributed by atoms with Gasteiger partial charge < -0.3 is 0 Å². The van der Waals surface area contributed by atoms with E-state index in [-0.39, 0.29) is 5.41 Å². The summed E-state index contributed by atoms with van der Waals surface area (Å²) in [6.45, 7) is 7.30. The SMILES string of the molecule is Cc1c(-c2ccccc2)cc(C(C)(C)c2cc(-c3ccccc3)cc(C3CCCCC3)c2)cc1C1CCCCC1. The van der Waals surface area contributed by atoms with Crippen LogP contribution in [0.15, 0.2) is 91.0 Å². The molecule has 0 bridgehead atoms. The molecule has 2 aliphatic carbocycles. The van der Waals surface area contributed by atoms with Crippen molar-refractivity contribution in [3.63, 3.8) is 0 Å². The first-order valence-electron chi connectivity index (χ1n) is 15.9. The molecular weight excluding hydrogens is 480 g/mol. The lowest BCUT2D eigenvalue weighted by atomic mass is 9.72. The Bertz CT molecular complexity index is 1410. The van der Waals surface area contributed by atoms with E-state index in [0.717, 1.165) is 0 Å². The predicted octanol–water partition coefficient (Wildman–Crippen LogP) is 11.8. The van der Waals surface area contributed by atoms with Crippen LogP contribution in [-0.4, -0.2) is 0 Å². The maximum Gasteiger partial charge on any atom is 0.0147 e. The van der Waals surface area contributed by atoms with Crippen molar-refractivity contribution in [3.8, 4) is 22.3 Å². The molecule has 0 atom stereocenters. The van der Waals surface area contributed by atoms with Gasteiger partial charge in [-0.2, -0.15) is 0 Å². The number of rotatable bonds is 6. The second kappa shape index (κ2) is 11.8. The fraction of sp³-hybridized carbons (Fsp3) is 0.400.